The molecule has 0 atom stereocenters. The number of aromatic nitrogens is 3. The van der Waals surface area contributed by atoms with Crippen LogP contribution in [0, 0.1) is 12.8 Å². The van der Waals surface area contributed by atoms with E-state index >= 15 is 0 Å². The summed E-state index contributed by atoms with van der Waals surface area (Å²) in [5.74, 6) is 1.47. The molecule has 3 heterocycles. The second-order valence-electron chi connectivity index (χ2n) is 5.63. The van der Waals surface area contributed by atoms with Crippen molar-refractivity contribution in [2.45, 2.75) is 19.8 Å². The number of rotatable bonds is 3. The van der Waals surface area contributed by atoms with Gasteiger partial charge in [-0.05, 0) is 43.5 Å². The van der Waals surface area contributed by atoms with Crippen molar-refractivity contribution in [3.05, 3.63) is 41.2 Å². The third-order valence-corrected chi connectivity index (χ3v) is 4.26. The molecule has 2 aromatic rings. The summed E-state index contributed by atoms with van der Waals surface area (Å²) in [4.78, 5) is 18.7. The maximum Gasteiger partial charge on any atom is 0.228 e. The van der Waals surface area contributed by atoms with E-state index in [1.807, 2.05) is 25.1 Å². The molecular formula is C16H18ClN5O. The van der Waals surface area contributed by atoms with Gasteiger partial charge < -0.3 is 10.2 Å². The molecule has 1 N–H and O–H groups in total. The van der Waals surface area contributed by atoms with Crippen molar-refractivity contribution >= 4 is 29.1 Å². The highest BCUT2D eigenvalue weighted by molar-refractivity contribution is 6.29. The topological polar surface area (TPSA) is 71.0 Å². The summed E-state index contributed by atoms with van der Waals surface area (Å²) in [5.41, 5.74) is 0.967. The fourth-order valence-corrected chi connectivity index (χ4v) is 2.78. The van der Waals surface area contributed by atoms with Crippen molar-refractivity contribution in [3.63, 3.8) is 0 Å². The molecule has 7 heteroatoms. The maximum atomic E-state index is 12.4. The highest BCUT2D eigenvalue weighted by atomic mass is 35.5. The van der Waals surface area contributed by atoms with E-state index in [2.05, 4.69) is 25.4 Å². The minimum absolute atomic E-state index is 0.00656. The van der Waals surface area contributed by atoms with Crippen LogP contribution < -0.4 is 10.2 Å². The van der Waals surface area contributed by atoms with Crippen LogP contribution in [0.1, 0.15) is 18.4 Å². The van der Waals surface area contributed by atoms with E-state index in [0.717, 1.165) is 37.3 Å². The van der Waals surface area contributed by atoms with Crippen molar-refractivity contribution < 1.29 is 4.79 Å². The first-order valence-electron chi connectivity index (χ1n) is 7.60. The van der Waals surface area contributed by atoms with Gasteiger partial charge in [0.2, 0.25) is 5.91 Å². The third kappa shape index (κ3) is 3.76. The van der Waals surface area contributed by atoms with Crippen molar-refractivity contribution in [2.75, 3.05) is 23.3 Å². The Hall–Kier alpha value is -2.21. The van der Waals surface area contributed by atoms with Gasteiger partial charge >= 0.3 is 0 Å². The van der Waals surface area contributed by atoms with Crippen LogP contribution in [-0.2, 0) is 4.79 Å². The number of carbonyl (C=O) groups is 1. The lowest BCUT2D eigenvalue weighted by Gasteiger charge is -2.31. The van der Waals surface area contributed by atoms with E-state index in [1.54, 1.807) is 12.3 Å². The van der Waals surface area contributed by atoms with Crippen LogP contribution in [0.5, 0.6) is 0 Å². The number of hydrogen-bond donors (Lipinski definition) is 1. The van der Waals surface area contributed by atoms with Crippen molar-refractivity contribution in [1.82, 2.24) is 15.2 Å². The first kappa shape index (κ1) is 15.7. The minimum Gasteiger partial charge on any atom is -0.355 e. The van der Waals surface area contributed by atoms with E-state index in [1.165, 1.54) is 0 Å². The molecule has 1 aliphatic rings. The van der Waals surface area contributed by atoms with Gasteiger partial charge in [-0.3, -0.25) is 4.79 Å². The lowest BCUT2D eigenvalue weighted by atomic mass is 9.96. The molecule has 1 amide bonds. The maximum absolute atomic E-state index is 12.4. The van der Waals surface area contributed by atoms with Crippen molar-refractivity contribution in [2.24, 2.45) is 5.92 Å². The van der Waals surface area contributed by atoms with Gasteiger partial charge in [-0.1, -0.05) is 17.7 Å². The molecule has 6 nitrogen and oxygen atoms in total. The molecule has 1 saturated heterocycles. The Morgan fingerprint density at radius 2 is 2.04 bits per heavy atom. The molecule has 3 rings (SSSR count). The lowest BCUT2D eigenvalue weighted by molar-refractivity contribution is -0.120. The third-order valence-electron chi connectivity index (χ3n) is 4.06. The largest absolute Gasteiger partial charge is 0.355 e. The van der Waals surface area contributed by atoms with Crippen LogP contribution in [0.15, 0.2) is 30.5 Å². The molecular weight excluding hydrogens is 314 g/mol. The van der Waals surface area contributed by atoms with Gasteiger partial charge in [0.05, 0.1) is 0 Å². The number of nitrogens with one attached hydrogen (secondary N) is 1. The molecule has 0 unspecified atom stereocenters. The summed E-state index contributed by atoms with van der Waals surface area (Å²) in [6.45, 7) is 3.48. The Morgan fingerprint density at radius 1 is 1.26 bits per heavy atom. The summed E-state index contributed by atoms with van der Waals surface area (Å²) < 4.78 is 0. The second-order valence-corrected chi connectivity index (χ2v) is 6.02. The number of nitrogens with zero attached hydrogens (tertiary/aromatic N) is 4. The van der Waals surface area contributed by atoms with Crippen LogP contribution in [0.4, 0.5) is 11.6 Å². The second kappa shape index (κ2) is 6.91. The molecule has 0 aromatic carbocycles. The summed E-state index contributed by atoms with van der Waals surface area (Å²) in [6.07, 6.45) is 3.24. The predicted octanol–water partition coefficient (Wildman–Crippen LogP) is 2.69. The zero-order valence-electron chi connectivity index (χ0n) is 12.9. The first-order chi connectivity index (χ1) is 11.1. The van der Waals surface area contributed by atoms with Crippen LogP contribution in [0.25, 0.3) is 0 Å². The van der Waals surface area contributed by atoms with Gasteiger partial charge in [-0.2, -0.15) is 0 Å². The molecule has 23 heavy (non-hydrogen) atoms. The number of amides is 1. The van der Waals surface area contributed by atoms with Gasteiger partial charge in [0, 0.05) is 25.2 Å². The Balaban J connectivity index is 1.57. The number of piperidine rings is 1. The first-order valence-corrected chi connectivity index (χ1v) is 7.98. The van der Waals surface area contributed by atoms with E-state index in [9.17, 15) is 4.79 Å². The van der Waals surface area contributed by atoms with E-state index in [0.29, 0.717) is 11.0 Å². The fraction of sp³-hybridized carbons (Fsp3) is 0.375. The lowest BCUT2D eigenvalue weighted by Crippen LogP contribution is -2.38. The van der Waals surface area contributed by atoms with Crippen molar-refractivity contribution in [3.8, 4) is 0 Å². The van der Waals surface area contributed by atoms with Crippen molar-refractivity contribution in [1.29, 1.82) is 0 Å². The fourth-order valence-electron chi connectivity index (χ4n) is 2.68. The van der Waals surface area contributed by atoms with Gasteiger partial charge in [-0.15, -0.1) is 10.2 Å². The van der Waals surface area contributed by atoms with Crippen LogP contribution in [0.3, 0.4) is 0 Å². The Bertz CT molecular complexity index is 683. The monoisotopic (exact) mass is 331 g/mol. The van der Waals surface area contributed by atoms with E-state index < -0.39 is 0 Å². The standard InChI is InChI=1S/C16H18ClN5O/c1-11-3-2-8-18-15(11)19-16(23)12-6-9-22(10-7-12)14-5-4-13(17)20-21-14/h2-5,8,12H,6-7,9-10H2,1H3,(H,18,19,23). The highest BCUT2D eigenvalue weighted by Gasteiger charge is 2.26. The zero-order chi connectivity index (χ0) is 16.2. The van der Waals surface area contributed by atoms with Gasteiger partial charge in [0.1, 0.15) is 5.82 Å². The Morgan fingerprint density at radius 3 is 2.70 bits per heavy atom. The number of halogens is 1. The minimum atomic E-state index is -0.00656. The SMILES string of the molecule is Cc1cccnc1NC(=O)C1CCN(c2ccc(Cl)nn2)CC1. The average molecular weight is 332 g/mol. The summed E-state index contributed by atoms with van der Waals surface area (Å²) in [6, 6.07) is 7.38. The molecule has 0 radical (unpaired) electrons. The molecule has 2 aromatic heterocycles. The van der Waals surface area contributed by atoms with Crippen LogP contribution in [0.2, 0.25) is 5.15 Å². The normalized spacial score (nSPS) is 15.5. The van der Waals surface area contributed by atoms with E-state index in [4.69, 9.17) is 11.6 Å². The van der Waals surface area contributed by atoms with Gasteiger partial charge in [0.15, 0.2) is 11.0 Å². The van der Waals surface area contributed by atoms with Gasteiger partial charge in [-0.25, -0.2) is 4.98 Å². The van der Waals surface area contributed by atoms with Gasteiger partial charge in [0.25, 0.3) is 0 Å². The Kier molecular flexibility index (Phi) is 4.71. The summed E-state index contributed by atoms with van der Waals surface area (Å²) in [5, 5.41) is 11.3. The number of pyridine rings is 1. The highest BCUT2D eigenvalue weighted by Crippen LogP contribution is 2.23. The average Bonchev–Trinajstić information content (AvgIpc) is 2.58. The molecule has 0 spiro atoms. The zero-order valence-corrected chi connectivity index (χ0v) is 13.6. The molecule has 120 valence electrons. The number of anilines is 2. The smallest absolute Gasteiger partial charge is 0.228 e. The summed E-state index contributed by atoms with van der Waals surface area (Å²) >= 11 is 5.75. The summed E-state index contributed by atoms with van der Waals surface area (Å²) in [7, 11) is 0. The van der Waals surface area contributed by atoms with Crippen LogP contribution >= 0.6 is 11.6 Å². The number of hydrogen-bond acceptors (Lipinski definition) is 5. The number of aryl methyl sites for hydroxylation is 1. The predicted molar refractivity (Wildman–Crippen MR) is 89.6 cm³/mol. The quantitative estimate of drug-likeness (QED) is 0.936. The Labute approximate surface area is 139 Å². The number of carbonyl (C=O) groups excluding carboxylic acids is 1. The van der Waals surface area contributed by atoms with Crippen LogP contribution in [-0.4, -0.2) is 34.2 Å². The molecule has 0 saturated carbocycles. The molecule has 0 bridgehead atoms. The molecule has 1 aliphatic heterocycles. The molecule has 0 aliphatic carbocycles. The van der Waals surface area contributed by atoms with E-state index in [-0.39, 0.29) is 11.8 Å². The molecule has 1 fully saturated rings.